The average molecular weight is 334 g/mol. The number of nitrogens with two attached hydrogens (primary N) is 1. The van der Waals surface area contributed by atoms with Crippen LogP contribution < -0.4 is 10.5 Å². The Morgan fingerprint density at radius 3 is 2.65 bits per heavy atom. The van der Waals surface area contributed by atoms with Crippen molar-refractivity contribution in [1.82, 2.24) is 9.88 Å². The van der Waals surface area contributed by atoms with Crippen LogP contribution in [0, 0.1) is 0 Å². The minimum atomic E-state index is -0.0617. The van der Waals surface area contributed by atoms with E-state index in [4.69, 9.17) is 10.5 Å². The van der Waals surface area contributed by atoms with Gasteiger partial charge < -0.3 is 15.4 Å². The molecule has 0 aliphatic heterocycles. The second-order valence-electron chi connectivity index (χ2n) is 5.45. The van der Waals surface area contributed by atoms with E-state index in [2.05, 4.69) is 4.98 Å². The van der Waals surface area contributed by atoms with Crippen molar-refractivity contribution < 1.29 is 9.53 Å². The number of hydrogen-bond acceptors (Lipinski definition) is 4. The smallest absolute Gasteiger partial charge is 0.272 e. The van der Waals surface area contributed by atoms with Crippen LogP contribution in [0.1, 0.15) is 28.9 Å². The number of carbonyl (C=O) groups excluding carboxylic acids is 1. The van der Waals surface area contributed by atoms with Gasteiger partial charge in [0.2, 0.25) is 0 Å². The number of hydrogen-bond donors (Lipinski definition) is 1. The summed E-state index contributed by atoms with van der Waals surface area (Å²) in [5.74, 6) is 0.736. The van der Waals surface area contributed by atoms with Crippen LogP contribution in [0.25, 0.3) is 0 Å². The number of aromatic nitrogens is 1. The number of para-hydroxylation sites is 1. The second-order valence-corrected chi connectivity index (χ2v) is 5.45. The number of amides is 1. The zero-order valence-electron chi connectivity index (χ0n) is 12.9. The average Bonchev–Trinajstić information content (AvgIpc) is 3.38. The monoisotopic (exact) mass is 333 g/mol. The molecule has 2 aromatic rings. The Balaban J connectivity index is 0.00000192. The molecule has 0 bridgehead atoms. The molecule has 1 aromatic carbocycles. The molecule has 0 atom stereocenters. The highest BCUT2D eigenvalue weighted by Crippen LogP contribution is 2.31. The summed E-state index contributed by atoms with van der Waals surface area (Å²) >= 11 is 0. The van der Waals surface area contributed by atoms with Crippen LogP contribution in [-0.4, -0.2) is 28.9 Å². The fourth-order valence-corrected chi connectivity index (χ4v) is 2.45. The molecule has 2 N–H and O–H groups in total. The van der Waals surface area contributed by atoms with Crippen molar-refractivity contribution in [3.63, 3.8) is 0 Å². The van der Waals surface area contributed by atoms with E-state index in [0.717, 1.165) is 24.2 Å². The lowest BCUT2D eigenvalue weighted by Gasteiger charge is -2.23. The van der Waals surface area contributed by atoms with E-state index in [9.17, 15) is 4.79 Å². The quantitative estimate of drug-likeness (QED) is 0.913. The summed E-state index contributed by atoms with van der Waals surface area (Å²) < 4.78 is 5.38. The summed E-state index contributed by atoms with van der Waals surface area (Å²) in [5, 5.41) is 0. The third-order valence-corrected chi connectivity index (χ3v) is 3.79. The van der Waals surface area contributed by atoms with Gasteiger partial charge in [-0.05, 0) is 31.0 Å². The Morgan fingerprint density at radius 2 is 2.04 bits per heavy atom. The predicted molar refractivity (Wildman–Crippen MR) is 91.8 cm³/mol. The number of nitrogens with zero attached hydrogens (tertiary/aromatic N) is 2. The first-order valence-corrected chi connectivity index (χ1v) is 7.33. The van der Waals surface area contributed by atoms with E-state index < -0.39 is 0 Å². The van der Waals surface area contributed by atoms with Crippen molar-refractivity contribution in [3.8, 4) is 5.75 Å². The van der Waals surface area contributed by atoms with Crippen molar-refractivity contribution in [2.45, 2.75) is 25.4 Å². The molecule has 0 radical (unpaired) electrons. The summed E-state index contributed by atoms with van der Waals surface area (Å²) in [7, 11) is 1.64. The van der Waals surface area contributed by atoms with Gasteiger partial charge in [-0.3, -0.25) is 4.79 Å². The van der Waals surface area contributed by atoms with Gasteiger partial charge in [-0.25, -0.2) is 4.98 Å². The van der Waals surface area contributed by atoms with Crippen molar-refractivity contribution in [1.29, 1.82) is 0 Å². The fourth-order valence-electron chi connectivity index (χ4n) is 2.45. The van der Waals surface area contributed by atoms with Gasteiger partial charge in [0.1, 0.15) is 11.4 Å². The summed E-state index contributed by atoms with van der Waals surface area (Å²) in [6, 6.07) is 11.4. The molecule has 0 spiro atoms. The molecule has 3 rings (SSSR count). The van der Waals surface area contributed by atoms with Gasteiger partial charge >= 0.3 is 0 Å². The lowest BCUT2D eigenvalue weighted by molar-refractivity contribution is 0.0723. The van der Waals surface area contributed by atoms with Crippen LogP contribution in [0.15, 0.2) is 42.6 Å². The van der Waals surface area contributed by atoms with Crippen molar-refractivity contribution >= 4 is 24.0 Å². The number of carbonyl (C=O) groups is 1. The van der Waals surface area contributed by atoms with Crippen molar-refractivity contribution in [2.75, 3.05) is 12.8 Å². The van der Waals surface area contributed by atoms with Gasteiger partial charge in [0.15, 0.2) is 0 Å². The van der Waals surface area contributed by atoms with Crippen LogP contribution in [0.4, 0.5) is 5.69 Å². The normalized spacial score (nSPS) is 13.1. The number of halogens is 1. The standard InChI is InChI=1S/C17H19N3O2.ClH/c1-22-16-5-3-2-4-12(16)11-20(14-7-8-14)17(21)15-9-6-13(18)10-19-15;/h2-6,9-10,14H,7-8,11,18H2,1H3;1H. The van der Waals surface area contributed by atoms with Crippen LogP contribution in [0.5, 0.6) is 5.75 Å². The highest BCUT2D eigenvalue weighted by molar-refractivity contribution is 5.93. The molecule has 1 heterocycles. The van der Waals surface area contributed by atoms with E-state index in [0.29, 0.717) is 17.9 Å². The molecule has 5 nitrogen and oxygen atoms in total. The number of pyridine rings is 1. The third-order valence-electron chi connectivity index (χ3n) is 3.79. The van der Waals surface area contributed by atoms with Gasteiger partial charge in [-0.1, -0.05) is 18.2 Å². The minimum absolute atomic E-state index is 0. The first kappa shape index (κ1) is 17.1. The Hall–Kier alpha value is -2.27. The van der Waals surface area contributed by atoms with E-state index >= 15 is 0 Å². The maximum absolute atomic E-state index is 12.7. The number of anilines is 1. The maximum atomic E-state index is 12.7. The van der Waals surface area contributed by atoms with Crippen LogP contribution in [0.2, 0.25) is 0 Å². The number of benzene rings is 1. The number of rotatable bonds is 5. The van der Waals surface area contributed by atoms with Crippen molar-refractivity contribution in [3.05, 3.63) is 53.9 Å². The molecule has 0 saturated heterocycles. The Bertz CT molecular complexity index is 672. The second kappa shape index (κ2) is 7.33. The van der Waals surface area contributed by atoms with E-state index in [-0.39, 0.29) is 24.4 Å². The maximum Gasteiger partial charge on any atom is 0.272 e. The summed E-state index contributed by atoms with van der Waals surface area (Å²) in [6.07, 6.45) is 3.59. The zero-order chi connectivity index (χ0) is 15.5. The molecule has 1 fully saturated rings. The summed E-state index contributed by atoms with van der Waals surface area (Å²) in [6.45, 7) is 0.527. The van der Waals surface area contributed by atoms with Gasteiger partial charge in [0.05, 0.1) is 19.0 Å². The van der Waals surface area contributed by atoms with Gasteiger partial charge in [0.25, 0.3) is 5.91 Å². The number of nitrogen functional groups attached to an aromatic ring is 1. The van der Waals surface area contributed by atoms with Crippen molar-refractivity contribution in [2.24, 2.45) is 0 Å². The molecule has 1 amide bonds. The summed E-state index contributed by atoms with van der Waals surface area (Å²) in [5.41, 5.74) is 7.61. The Morgan fingerprint density at radius 1 is 1.30 bits per heavy atom. The molecule has 1 aliphatic rings. The Labute approximate surface area is 141 Å². The first-order chi connectivity index (χ1) is 10.7. The molecule has 6 heteroatoms. The highest BCUT2D eigenvalue weighted by Gasteiger charge is 2.34. The molecular formula is C17H20ClN3O2. The topological polar surface area (TPSA) is 68.5 Å². The molecule has 122 valence electrons. The minimum Gasteiger partial charge on any atom is -0.496 e. The van der Waals surface area contributed by atoms with E-state index in [1.54, 1.807) is 19.2 Å². The molecule has 1 aromatic heterocycles. The largest absolute Gasteiger partial charge is 0.496 e. The molecule has 23 heavy (non-hydrogen) atoms. The molecule has 1 aliphatic carbocycles. The SMILES string of the molecule is COc1ccccc1CN(C(=O)c1ccc(N)cn1)C1CC1.Cl. The third kappa shape index (κ3) is 3.93. The van der Waals surface area contributed by atoms with Crippen LogP contribution in [-0.2, 0) is 6.54 Å². The Kier molecular flexibility index (Phi) is 5.45. The lowest BCUT2D eigenvalue weighted by Crippen LogP contribution is -2.33. The zero-order valence-corrected chi connectivity index (χ0v) is 13.8. The lowest BCUT2D eigenvalue weighted by atomic mass is 10.1. The molecule has 1 saturated carbocycles. The van der Waals surface area contributed by atoms with Crippen LogP contribution in [0.3, 0.4) is 0 Å². The van der Waals surface area contributed by atoms with Gasteiger partial charge in [-0.2, -0.15) is 0 Å². The molecular weight excluding hydrogens is 314 g/mol. The first-order valence-electron chi connectivity index (χ1n) is 7.33. The number of methoxy groups -OCH3 is 1. The molecule has 0 unspecified atom stereocenters. The predicted octanol–water partition coefficient (Wildman–Crippen LogP) is 2.90. The van der Waals surface area contributed by atoms with E-state index in [1.807, 2.05) is 29.2 Å². The van der Waals surface area contributed by atoms with Gasteiger partial charge in [0, 0.05) is 18.2 Å². The van der Waals surface area contributed by atoms with E-state index in [1.165, 1.54) is 6.20 Å². The fraction of sp³-hybridized carbons (Fsp3) is 0.294. The van der Waals surface area contributed by atoms with Crippen LogP contribution >= 0.6 is 12.4 Å². The number of ether oxygens (including phenoxy) is 1. The van der Waals surface area contributed by atoms with Gasteiger partial charge in [-0.15, -0.1) is 12.4 Å². The highest BCUT2D eigenvalue weighted by atomic mass is 35.5. The summed E-state index contributed by atoms with van der Waals surface area (Å²) in [4.78, 5) is 18.7.